The summed E-state index contributed by atoms with van der Waals surface area (Å²) >= 11 is 3.39. The predicted molar refractivity (Wildman–Crippen MR) is 85.8 cm³/mol. The third kappa shape index (κ3) is 3.66. The lowest BCUT2D eigenvalue weighted by molar-refractivity contribution is -0.117. The van der Waals surface area contributed by atoms with E-state index in [9.17, 15) is 10.1 Å². The van der Waals surface area contributed by atoms with E-state index < -0.39 is 5.91 Å². The van der Waals surface area contributed by atoms with Gasteiger partial charge in [-0.2, -0.15) is 5.26 Å². The van der Waals surface area contributed by atoms with E-state index in [0.717, 1.165) is 23.9 Å². The van der Waals surface area contributed by atoms with Crippen LogP contribution in [0.1, 0.15) is 18.4 Å². The van der Waals surface area contributed by atoms with Crippen molar-refractivity contribution in [1.82, 2.24) is 5.32 Å². The van der Waals surface area contributed by atoms with Crippen LogP contribution in [0.4, 0.5) is 0 Å². The highest BCUT2D eigenvalue weighted by atomic mass is 79.9. The van der Waals surface area contributed by atoms with Crippen molar-refractivity contribution in [3.05, 3.63) is 27.7 Å². The smallest absolute Gasteiger partial charge is 0.262 e. The molecule has 2 aliphatic heterocycles. The Morgan fingerprint density at radius 1 is 1.48 bits per heavy atom. The topological polar surface area (TPSA) is 80.6 Å². The summed E-state index contributed by atoms with van der Waals surface area (Å²) in [5, 5.41) is 12.0. The van der Waals surface area contributed by atoms with Gasteiger partial charge in [0, 0.05) is 13.2 Å². The van der Waals surface area contributed by atoms with Crippen molar-refractivity contribution in [2.75, 3.05) is 19.9 Å². The molecule has 2 heterocycles. The van der Waals surface area contributed by atoms with Gasteiger partial charge in [0.2, 0.25) is 6.79 Å². The standard InChI is InChI=1S/C16H15BrN2O4/c17-13-5-10(6-14-15(13)23-9-22-14)4-11(7-18)16(20)19-8-12-2-1-3-21-12/h4-6,12H,1-3,8-9H2,(H,19,20)/b11-4+/t12-/m0/s1. The lowest BCUT2D eigenvalue weighted by Gasteiger charge is -2.10. The lowest BCUT2D eigenvalue weighted by Crippen LogP contribution is -2.32. The highest BCUT2D eigenvalue weighted by molar-refractivity contribution is 9.10. The van der Waals surface area contributed by atoms with Crippen LogP contribution >= 0.6 is 15.9 Å². The average Bonchev–Trinajstić information content (AvgIpc) is 3.21. The number of fused-ring (bicyclic) bond motifs is 1. The molecule has 3 rings (SSSR count). The number of amides is 1. The Morgan fingerprint density at radius 3 is 3.09 bits per heavy atom. The van der Waals surface area contributed by atoms with E-state index in [1.165, 1.54) is 6.08 Å². The van der Waals surface area contributed by atoms with E-state index in [0.29, 0.717) is 23.6 Å². The molecule has 1 aromatic rings. The Kier molecular flexibility index (Phi) is 4.84. The second-order valence-corrected chi connectivity index (χ2v) is 6.11. The average molecular weight is 379 g/mol. The molecule has 2 aliphatic rings. The zero-order chi connectivity index (χ0) is 16.2. The van der Waals surface area contributed by atoms with Crippen LogP contribution in [0.2, 0.25) is 0 Å². The van der Waals surface area contributed by atoms with E-state index in [-0.39, 0.29) is 18.5 Å². The zero-order valence-electron chi connectivity index (χ0n) is 12.3. The summed E-state index contributed by atoms with van der Waals surface area (Å²) in [6.45, 7) is 1.31. The molecule has 1 atom stereocenters. The van der Waals surface area contributed by atoms with E-state index in [1.54, 1.807) is 12.1 Å². The van der Waals surface area contributed by atoms with Crippen LogP contribution in [-0.4, -0.2) is 32.0 Å². The van der Waals surface area contributed by atoms with Gasteiger partial charge < -0.3 is 19.5 Å². The molecular weight excluding hydrogens is 364 g/mol. The van der Waals surface area contributed by atoms with Gasteiger partial charge in [-0.25, -0.2) is 0 Å². The van der Waals surface area contributed by atoms with E-state index in [1.807, 2.05) is 6.07 Å². The van der Waals surface area contributed by atoms with Crippen molar-refractivity contribution in [2.45, 2.75) is 18.9 Å². The third-order valence-corrected chi connectivity index (χ3v) is 4.23. The third-order valence-electron chi connectivity index (χ3n) is 3.64. The molecule has 0 unspecified atom stereocenters. The summed E-state index contributed by atoms with van der Waals surface area (Å²) in [5.41, 5.74) is 0.721. The summed E-state index contributed by atoms with van der Waals surface area (Å²) in [6, 6.07) is 5.44. The van der Waals surface area contributed by atoms with Crippen LogP contribution in [0, 0.1) is 11.3 Å². The van der Waals surface area contributed by atoms with Gasteiger partial charge in [0.1, 0.15) is 11.6 Å². The Labute approximate surface area is 142 Å². The minimum atomic E-state index is -0.406. The van der Waals surface area contributed by atoms with Gasteiger partial charge in [0.05, 0.1) is 10.6 Å². The maximum Gasteiger partial charge on any atom is 0.262 e. The normalized spacial score (nSPS) is 19.5. The fourth-order valence-electron chi connectivity index (χ4n) is 2.49. The molecule has 0 radical (unpaired) electrons. The van der Waals surface area contributed by atoms with Gasteiger partial charge in [0.25, 0.3) is 5.91 Å². The fourth-order valence-corrected chi connectivity index (χ4v) is 3.07. The van der Waals surface area contributed by atoms with Crippen molar-refractivity contribution in [2.24, 2.45) is 0 Å². The second kappa shape index (κ2) is 7.02. The molecule has 23 heavy (non-hydrogen) atoms. The van der Waals surface area contributed by atoms with Gasteiger partial charge in [-0.15, -0.1) is 0 Å². The number of hydrogen-bond donors (Lipinski definition) is 1. The molecule has 0 bridgehead atoms. The van der Waals surface area contributed by atoms with Crippen molar-refractivity contribution >= 4 is 27.9 Å². The van der Waals surface area contributed by atoms with Gasteiger partial charge >= 0.3 is 0 Å². The van der Waals surface area contributed by atoms with Gasteiger partial charge in [-0.1, -0.05) is 0 Å². The maximum absolute atomic E-state index is 12.1. The monoisotopic (exact) mass is 378 g/mol. The van der Waals surface area contributed by atoms with Gasteiger partial charge in [0.15, 0.2) is 11.5 Å². The van der Waals surface area contributed by atoms with Crippen molar-refractivity contribution in [1.29, 1.82) is 5.26 Å². The van der Waals surface area contributed by atoms with Crippen LogP contribution in [0.15, 0.2) is 22.2 Å². The van der Waals surface area contributed by atoms with Gasteiger partial charge in [-0.3, -0.25) is 4.79 Å². The predicted octanol–water partition coefficient (Wildman–Crippen LogP) is 2.38. The molecule has 1 saturated heterocycles. The minimum Gasteiger partial charge on any atom is -0.454 e. The summed E-state index contributed by atoms with van der Waals surface area (Å²) in [7, 11) is 0. The highest BCUT2D eigenvalue weighted by Crippen LogP contribution is 2.40. The van der Waals surface area contributed by atoms with Crippen molar-refractivity contribution in [3.63, 3.8) is 0 Å². The zero-order valence-corrected chi connectivity index (χ0v) is 13.9. The Balaban J connectivity index is 1.72. The Hall–Kier alpha value is -2.04. The first-order chi connectivity index (χ1) is 11.2. The molecule has 1 aromatic carbocycles. The largest absolute Gasteiger partial charge is 0.454 e. The molecule has 120 valence electrons. The van der Waals surface area contributed by atoms with Crippen molar-refractivity contribution < 1.29 is 19.0 Å². The number of ether oxygens (including phenoxy) is 3. The Bertz CT molecular complexity index is 690. The molecule has 7 heteroatoms. The number of hydrogen-bond acceptors (Lipinski definition) is 5. The number of carbonyl (C=O) groups excluding carboxylic acids is 1. The number of halogens is 1. The van der Waals surface area contributed by atoms with Crippen LogP contribution in [-0.2, 0) is 9.53 Å². The summed E-state index contributed by atoms with van der Waals surface area (Å²) in [6.07, 6.45) is 3.50. The first-order valence-corrected chi connectivity index (χ1v) is 8.07. The number of nitrogens with one attached hydrogen (secondary N) is 1. The van der Waals surface area contributed by atoms with E-state index in [2.05, 4.69) is 21.2 Å². The number of nitrogens with zero attached hydrogens (tertiary/aromatic N) is 1. The number of rotatable bonds is 4. The molecule has 1 amide bonds. The van der Waals surface area contributed by atoms with Crippen LogP contribution < -0.4 is 14.8 Å². The molecule has 0 aromatic heterocycles. The minimum absolute atomic E-state index is 0.0359. The molecule has 1 fully saturated rings. The molecule has 0 spiro atoms. The summed E-state index contributed by atoms with van der Waals surface area (Å²) in [4.78, 5) is 12.1. The Morgan fingerprint density at radius 2 is 2.35 bits per heavy atom. The van der Waals surface area contributed by atoms with E-state index in [4.69, 9.17) is 14.2 Å². The lowest BCUT2D eigenvalue weighted by atomic mass is 10.1. The van der Waals surface area contributed by atoms with Crippen LogP contribution in [0.5, 0.6) is 11.5 Å². The number of benzene rings is 1. The molecule has 6 nitrogen and oxygen atoms in total. The molecule has 1 N–H and O–H groups in total. The summed E-state index contributed by atoms with van der Waals surface area (Å²) in [5.74, 6) is 0.808. The molecule has 0 aliphatic carbocycles. The molecule has 0 saturated carbocycles. The first-order valence-electron chi connectivity index (χ1n) is 7.28. The molecular formula is C16H15BrN2O4. The highest BCUT2D eigenvalue weighted by Gasteiger charge is 2.20. The number of carbonyl (C=O) groups is 1. The summed E-state index contributed by atoms with van der Waals surface area (Å²) < 4.78 is 16.8. The SMILES string of the molecule is N#C/C(=C\c1cc(Br)c2c(c1)OCO2)C(=O)NC[C@@H]1CCCO1. The van der Waals surface area contributed by atoms with E-state index >= 15 is 0 Å². The van der Waals surface area contributed by atoms with Crippen molar-refractivity contribution in [3.8, 4) is 17.6 Å². The maximum atomic E-state index is 12.1. The van der Waals surface area contributed by atoms with Crippen LogP contribution in [0.25, 0.3) is 6.08 Å². The first kappa shape index (κ1) is 15.8. The van der Waals surface area contributed by atoms with Crippen LogP contribution in [0.3, 0.4) is 0 Å². The fraction of sp³-hybridized carbons (Fsp3) is 0.375. The van der Waals surface area contributed by atoms with Gasteiger partial charge in [-0.05, 0) is 52.5 Å². The number of nitriles is 1. The second-order valence-electron chi connectivity index (χ2n) is 5.25. The quantitative estimate of drug-likeness (QED) is 0.642.